The molecular weight excluding hydrogens is 254 g/mol. The van der Waals surface area contributed by atoms with E-state index in [2.05, 4.69) is 27.9 Å². The second kappa shape index (κ2) is 5.52. The van der Waals surface area contributed by atoms with E-state index in [1.54, 1.807) is 6.20 Å². The van der Waals surface area contributed by atoms with Crippen molar-refractivity contribution < 1.29 is 4.79 Å². The Morgan fingerprint density at radius 2 is 2.25 bits per heavy atom. The first kappa shape index (κ1) is 13.5. The molecule has 2 N–H and O–H groups in total. The van der Waals surface area contributed by atoms with Crippen LogP contribution in [0.3, 0.4) is 0 Å². The lowest BCUT2D eigenvalue weighted by Gasteiger charge is -2.22. The minimum atomic E-state index is -0.0927. The summed E-state index contributed by atoms with van der Waals surface area (Å²) in [6.45, 7) is 4.96. The van der Waals surface area contributed by atoms with Gasteiger partial charge in [0.2, 0.25) is 0 Å². The number of nitrogens with one attached hydrogen (secondary N) is 2. The van der Waals surface area contributed by atoms with E-state index in [1.165, 1.54) is 12.8 Å². The van der Waals surface area contributed by atoms with Gasteiger partial charge in [-0.1, -0.05) is 12.1 Å². The minimum Gasteiger partial charge on any atom is -0.350 e. The summed E-state index contributed by atoms with van der Waals surface area (Å²) in [7, 11) is 0. The van der Waals surface area contributed by atoms with Gasteiger partial charge < -0.3 is 10.6 Å². The Bertz CT molecular complexity index is 474. The number of amides is 1. The zero-order valence-electron chi connectivity index (χ0n) is 12.1. The van der Waals surface area contributed by atoms with Crippen molar-refractivity contribution in [2.75, 3.05) is 19.6 Å². The van der Waals surface area contributed by atoms with E-state index in [-0.39, 0.29) is 5.91 Å². The first-order valence-corrected chi connectivity index (χ1v) is 7.63. The van der Waals surface area contributed by atoms with Gasteiger partial charge in [0.1, 0.15) is 0 Å². The van der Waals surface area contributed by atoms with Gasteiger partial charge in [-0.15, -0.1) is 5.10 Å². The molecule has 6 nitrogen and oxygen atoms in total. The van der Waals surface area contributed by atoms with E-state index in [9.17, 15) is 4.79 Å². The van der Waals surface area contributed by atoms with E-state index >= 15 is 0 Å². The van der Waals surface area contributed by atoms with Crippen molar-refractivity contribution in [2.24, 2.45) is 5.41 Å². The van der Waals surface area contributed by atoms with Gasteiger partial charge >= 0.3 is 0 Å². The second-order valence-corrected chi connectivity index (χ2v) is 6.10. The van der Waals surface area contributed by atoms with Gasteiger partial charge in [0, 0.05) is 6.54 Å². The molecule has 1 aliphatic heterocycles. The maximum absolute atomic E-state index is 12.1. The van der Waals surface area contributed by atoms with Crippen LogP contribution in [0.4, 0.5) is 0 Å². The summed E-state index contributed by atoms with van der Waals surface area (Å²) in [4.78, 5) is 12.1. The van der Waals surface area contributed by atoms with Gasteiger partial charge in [0.25, 0.3) is 5.91 Å². The third-order valence-corrected chi connectivity index (χ3v) is 4.76. The molecule has 1 aliphatic carbocycles. The number of aromatic nitrogens is 3. The van der Waals surface area contributed by atoms with Crippen LogP contribution in [0.25, 0.3) is 0 Å². The zero-order valence-corrected chi connectivity index (χ0v) is 12.1. The molecule has 1 amide bonds. The molecule has 1 saturated heterocycles. The van der Waals surface area contributed by atoms with Crippen LogP contribution in [-0.4, -0.2) is 40.5 Å². The molecule has 1 aromatic heterocycles. The molecule has 1 saturated carbocycles. The zero-order chi connectivity index (χ0) is 14.0. The van der Waals surface area contributed by atoms with Gasteiger partial charge in [-0.25, -0.2) is 4.68 Å². The first-order valence-electron chi connectivity index (χ1n) is 7.63. The highest BCUT2D eigenvalue weighted by Crippen LogP contribution is 2.47. The lowest BCUT2D eigenvalue weighted by Crippen LogP contribution is -2.30. The number of piperidine rings is 1. The lowest BCUT2D eigenvalue weighted by atomic mass is 10.0. The van der Waals surface area contributed by atoms with Gasteiger partial charge in [-0.3, -0.25) is 4.79 Å². The van der Waals surface area contributed by atoms with Crippen molar-refractivity contribution in [1.82, 2.24) is 25.6 Å². The van der Waals surface area contributed by atoms with E-state index in [0.29, 0.717) is 17.2 Å². The predicted molar refractivity (Wildman–Crippen MR) is 75.5 cm³/mol. The Kier molecular flexibility index (Phi) is 3.74. The van der Waals surface area contributed by atoms with Crippen LogP contribution in [0.15, 0.2) is 6.20 Å². The topological polar surface area (TPSA) is 71.8 Å². The molecule has 0 radical (unpaired) electrons. The Hall–Kier alpha value is -1.43. The molecule has 20 heavy (non-hydrogen) atoms. The van der Waals surface area contributed by atoms with Gasteiger partial charge in [0.05, 0.1) is 12.2 Å². The summed E-state index contributed by atoms with van der Waals surface area (Å²) in [5.41, 5.74) is 0.802. The largest absolute Gasteiger partial charge is 0.350 e. The van der Waals surface area contributed by atoms with Crippen LogP contribution in [0.1, 0.15) is 55.6 Å². The average Bonchev–Trinajstić information content (AvgIpc) is 3.12. The molecule has 6 heteroatoms. The van der Waals surface area contributed by atoms with Crippen LogP contribution >= 0.6 is 0 Å². The quantitative estimate of drug-likeness (QED) is 0.846. The van der Waals surface area contributed by atoms with Crippen molar-refractivity contribution in [2.45, 2.75) is 45.1 Å². The molecule has 110 valence electrons. The number of hydrogen-bond acceptors (Lipinski definition) is 4. The lowest BCUT2D eigenvalue weighted by molar-refractivity contribution is 0.0939. The van der Waals surface area contributed by atoms with Crippen LogP contribution in [0.5, 0.6) is 0 Å². The fourth-order valence-corrected chi connectivity index (χ4v) is 2.82. The summed E-state index contributed by atoms with van der Waals surface area (Å²) in [6, 6.07) is 0.371. The number of carbonyl (C=O) groups is 1. The van der Waals surface area contributed by atoms with Crippen LogP contribution in [0, 0.1) is 5.41 Å². The van der Waals surface area contributed by atoms with Crippen LogP contribution in [-0.2, 0) is 0 Å². The Balaban J connectivity index is 1.56. The third-order valence-electron chi connectivity index (χ3n) is 4.76. The summed E-state index contributed by atoms with van der Waals surface area (Å²) < 4.78 is 1.85. The normalized spacial score (nSPS) is 21.6. The van der Waals surface area contributed by atoms with Gasteiger partial charge in [-0.2, -0.15) is 0 Å². The molecule has 0 aromatic carbocycles. The van der Waals surface area contributed by atoms with E-state index in [1.807, 2.05) is 4.68 Å². The summed E-state index contributed by atoms with van der Waals surface area (Å²) in [5, 5.41) is 14.5. The fourth-order valence-electron chi connectivity index (χ4n) is 2.82. The van der Waals surface area contributed by atoms with Crippen molar-refractivity contribution in [3.63, 3.8) is 0 Å². The number of rotatable bonds is 5. The van der Waals surface area contributed by atoms with Gasteiger partial charge in [0.15, 0.2) is 5.69 Å². The van der Waals surface area contributed by atoms with Crippen molar-refractivity contribution in [1.29, 1.82) is 0 Å². The van der Waals surface area contributed by atoms with Crippen molar-refractivity contribution in [3.05, 3.63) is 11.9 Å². The Morgan fingerprint density at radius 3 is 2.90 bits per heavy atom. The van der Waals surface area contributed by atoms with Crippen molar-refractivity contribution in [3.8, 4) is 0 Å². The number of hydrogen-bond donors (Lipinski definition) is 2. The standard InChI is InChI=1S/C14H23N5O/c1-2-14(5-6-14)10-16-13(20)12-9-19(18-17-12)11-3-7-15-8-4-11/h9,11,15H,2-8,10H2,1H3,(H,16,20). The Morgan fingerprint density at radius 1 is 1.50 bits per heavy atom. The summed E-state index contributed by atoms with van der Waals surface area (Å²) >= 11 is 0. The maximum Gasteiger partial charge on any atom is 0.273 e. The van der Waals surface area contributed by atoms with Crippen molar-refractivity contribution >= 4 is 5.91 Å². The molecule has 0 spiro atoms. The molecule has 0 unspecified atom stereocenters. The first-order chi connectivity index (χ1) is 9.72. The number of nitrogens with zero attached hydrogens (tertiary/aromatic N) is 3. The molecule has 1 aromatic rings. The highest BCUT2D eigenvalue weighted by Gasteiger charge is 2.40. The second-order valence-electron chi connectivity index (χ2n) is 6.10. The Labute approximate surface area is 119 Å². The predicted octanol–water partition coefficient (Wildman–Crippen LogP) is 1.12. The molecule has 0 bridgehead atoms. The average molecular weight is 277 g/mol. The molecule has 3 rings (SSSR count). The highest BCUT2D eigenvalue weighted by molar-refractivity contribution is 5.91. The molecule has 2 aliphatic rings. The summed E-state index contributed by atoms with van der Waals surface area (Å²) in [6.07, 6.45) is 7.47. The SMILES string of the molecule is CCC1(CNC(=O)c2cn(C3CCNCC3)nn2)CC1. The smallest absolute Gasteiger partial charge is 0.273 e. The van der Waals surface area contributed by atoms with Crippen LogP contribution in [0.2, 0.25) is 0 Å². The minimum absolute atomic E-state index is 0.0927. The molecule has 2 fully saturated rings. The fraction of sp³-hybridized carbons (Fsp3) is 0.786. The van der Waals surface area contributed by atoms with E-state index in [4.69, 9.17) is 0 Å². The molecule has 2 heterocycles. The molecular formula is C14H23N5O. The summed E-state index contributed by atoms with van der Waals surface area (Å²) in [5.74, 6) is -0.0927. The van der Waals surface area contributed by atoms with E-state index in [0.717, 1.165) is 38.9 Å². The monoisotopic (exact) mass is 277 g/mol. The van der Waals surface area contributed by atoms with Gasteiger partial charge in [-0.05, 0) is 50.6 Å². The van der Waals surface area contributed by atoms with Crippen LogP contribution < -0.4 is 10.6 Å². The van der Waals surface area contributed by atoms with E-state index < -0.39 is 0 Å². The maximum atomic E-state index is 12.1. The number of carbonyl (C=O) groups excluding carboxylic acids is 1. The third kappa shape index (κ3) is 2.85. The highest BCUT2D eigenvalue weighted by atomic mass is 16.2. The molecule has 0 atom stereocenters.